The first kappa shape index (κ1) is 20.2. The maximum Gasteiger partial charge on any atom is 0.273 e. The molecule has 0 aliphatic rings. The first-order valence-corrected chi connectivity index (χ1v) is 8.42. The number of nitrogens with one attached hydrogen (secondary N) is 2. The lowest BCUT2D eigenvalue weighted by Crippen LogP contribution is -2.30. The minimum Gasteiger partial charge on any atom is -0.497 e. The predicted molar refractivity (Wildman–Crippen MR) is 102 cm³/mol. The molecule has 1 amide bonds. The molecule has 1 atom stereocenters. The van der Waals surface area contributed by atoms with Crippen LogP contribution in [0.2, 0.25) is 0 Å². The van der Waals surface area contributed by atoms with Gasteiger partial charge in [-0.05, 0) is 19.1 Å². The Morgan fingerprint density at radius 2 is 1.93 bits per heavy atom. The van der Waals surface area contributed by atoms with Crippen molar-refractivity contribution >= 4 is 17.3 Å². The van der Waals surface area contributed by atoms with Gasteiger partial charge in [-0.15, -0.1) is 0 Å². The van der Waals surface area contributed by atoms with Crippen LogP contribution in [0.3, 0.4) is 0 Å². The topological polar surface area (TPSA) is 103 Å². The van der Waals surface area contributed by atoms with E-state index in [4.69, 9.17) is 9.47 Å². The van der Waals surface area contributed by atoms with Crippen molar-refractivity contribution in [1.82, 2.24) is 5.32 Å². The van der Waals surface area contributed by atoms with Crippen LogP contribution in [0.15, 0.2) is 42.5 Å². The quantitative estimate of drug-likeness (QED) is 0.517. The molecule has 0 fully saturated rings. The molecule has 0 bridgehead atoms. The highest BCUT2D eigenvalue weighted by Crippen LogP contribution is 2.29. The van der Waals surface area contributed by atoms with E-state index in [1.165, 1.54) is 13.2 Å². The molecule has 8 heteroatoms. The molecule has 27 heavy (non-hydrogen) atoms. The van der Waals surface area contributed by atoms with E-state index in [0.29, 0.717) is 29.3 Å². The van der Waals surface area contributed by atoms with Crippen LogP contribution in [-0.2, 0) is 11.3 Å². The van der Waals surface area contributed by atoms with Crippen LogP contribution in [0.1, 0.15) is 18.9 Å². The molecule has 0 spiro atoms. The van der Waals surface area contributed by atoms with Crippen molar-refractivity contribution in [2.24, 2.45) is 0 Å². The first-order valence-electron chi connectivity index (χ1n) is 8.42. The lowest BCUT2D eigenvalue weighted by Gasteiger charge is -2.15. The zero-order valence-corrected chi connectivity index (χ0v) is 15.5. The minimum atomic E-state index is -0.413. The fourth-order valence-corrected chi connectivity index (χ4v) is 2.59. The molecule has 1 unspecified atom stereocenters. The summed E-state index contributed by atoms with van der Waals surface area (Å²) in [6.45, 7) is 2.14. The Bertz CT molecular complexity index is 810. The Balaban J connectivity index is 1.94. The summed E-state index contributed by atoms with van der Waals surface area (Å²) in [4.78, 5) is 23.0. The average Bonchev–Trinajstić information content (AvgIpc) is 2.66. The summed E-state index contributed by atoms with van der Waals surface area (Å²) < 4.78 is 10.4. The van der Waals surface area contributed by atoms with E-state index >= 15 is 0 Å². The Morgan fingerprint density at radius 3 is 2.59 bits per heavy atom. The summed E-state index contributed by atoms with van der Waals surface area (Å²) in [6.07, 6.45) is 0.195. The van der Waals surface area contributed by atoms with E-state index in [2.05, 4.69) is 10.6 Å². The SMILES string of the molecule is COc1ccc(OC)c(NC(=O)CC(C)NCc2ccccc2[N+](=O)[O-])c1. The predicted octanol–water partition coefficient (Wildman–Crippen LogP) is 3.12. The molecule has 0 aliphatic carbocycles. The average molecular weight is 373 g/mol. The molecule has 2 aromatic rings. The molecule has 0 heterocycles. The Kier molecular flexibility index (Phi) is 7.13. The van der Waals surface area contributed by atoms with Gasteiger partial charge >= 0.3 is 0 Å². The molecule has 144 valence electrons. The van der Waals surface area contributed by atoms with Gasteiger partial charge in [-0.2, -0.15) is 0 Å². The maximum absolute atomic E-state index is 12.3. The van der Waals surface area contributed by atoms with E-state index in [9.17, 15) is 14.9 Å². The summed E-state index contributed by atoms with van der Waals surface area (Å²) >= 11 is 0. The van der Waals surface area contributed by atoms with Crippen molar-refractivity contribution in [3.8, 4) is 11.5 Å². The third-order valence-corrected chi connectivity index (χ3v) is 4.00. The maximum atomic E-state index is 12.3. The summed E-state index contributed by atoms with van der Waals surface area (Å²) in [5, 5.41) is 17.0. The number of anilines is 1. The van der Waals surface area contributed by atoms with Crippen molar-refractivity contribution in [2.45, 2.75) is 25.9 Å². The number of nitro groups is 1. The number of carbonyl (C=O) groups excluding carboxylic acids is 1. The van der Waals surface area contributed by atoms with Gasteiger partial charge in [-0.1, -0.05) is 18.2 Å². The summed E-state index contributed by atoms with van der Waals surface area (Å²) in [6, 6.07) is 11.5. The number of ether oxygens (including phenoxy) is 2. The van der Waals surface area contributed by atoms with Gasteiger partial charge in [0.2, 0.25) is 5.91 Å². The van der Waals surface area contributed by atoms with Gasteiger partial charge in [0.1, 0.15) is 11.5 Å². The van der Waals surface area contributed by atoms with E-state index in [0.717, 1.165) is 0 Å². The molecule has 2 N–H and O–H groups in total. The summed E-state index contributed by atoms with van der Waals surface area (Å²) in [5.74, 6) is 0.933. The van der Waals surface area contributed by atoms with Crippen molar-refractivity contribution in [2.75, 3.05) is 19.5 Å². The third-order valence-electron chi connectivity index (χ3n) is 4.00. The smallest absolute Gasteiger partial charge is 0.273 e. The van der Waals surface area contributed by atoms with Gasteiger partial charge in [0.15, 0.2) is 0 Å². The largest absolute Gasteiger partial charge is 0.497 e. The van der Waals surface area contributed by atoms with E-state index in [1.54, 1.807) is 43.5 Å². The van der Waals surface area contributed by atoms with E-state index in [1.807, 2.05) is 6.92 Å². The number of para-hydroxylation sites is 1. The number of methoxy groups -OCH3 is 2. The molecule has 0 radical (unpaired) electrons. The molecule has 8 nitrogen and oxygen atoms in total. The van der Waals surface area contributed by atoms with Gasteiger partial charge in [0.25, 0.3) is 5.69 Å². The number of nitrogens with zero attached hydrogens (tertiary/aromatic N) is 1. The molecule has 2 rings (SSSR count). The van der Waals surface area contributed by atoms with Crippen LogP contribution in [0.5, 0.6) is 11.5 Å². The zero-order valence-electron chi connectivity index (χ0n) is 15.5. The van der Waals surface area contributed by atoms with Gasteiger partial charge in [0.05, 0.1) is 24.8 Å². The van der Waals surface area contributed by atoms with E-state index in [-0.39, 0.29) is 24.1 Å². The lowest BCUT2D eigenvalue weighted by molar-refractivity contribution is -0.385. The molecule has 0 saturated heterocycles. The summed E-state index contributed by atoms with van der Waals surface area (Å²) in [5.41, 5.74) is 1.15. The highest BCUT2D eigenvalue weighted by Gasteiger charge is 2.15. The zero-order chi connectivity index (χ0) is 19.8. The number of benzene rings is 2. The number of hydrogen-bond acceptors (Lipinski definition) is 6. The van der Waals surface area contributed by atoms with Crippen LogP contribution < -0.4 is 20.1 Å². The molecule has 2 aromatic carbocycles. The number of hydrogen-bond donors (Lipinski definition) is 2. The molecular weight excluding hydrogens is 350 g/mol. The van der Waals surface area contributed by atoms with Gasteiger partial charge in [-0.25, -0.2) is 0 Å². The molecule has 0 aromatic heterocycles. The summed E-state index contributed by atoms with van der Waals surface area (Å²) in [7, 11) is 3.07. The lowest BCUT2D eigenvalue weighted by atomic mass is 10.1. The highest BCUT2D eigenvalue weighted by molar-refractivity contribution is 5.92. The van der Waals surface area contributed by atoms with Crippen molar-refractivity contribution < 1.29 is 19.2 Å². The van der Waals surface area contributed by atoms with Gasteiger partial charge < -0.3 is 20.1 Å². The first-order chi connectivity index (χ1) is 12.9. The van der Waals surface area contributed by atoms with Crippen LogP contribution in [0, 0.1) is 10.1 Å². The van der Waals surface area contributed by atoms with E-state index < -0.39 is 4.92 Å². The monoisotopic (exact) mass is 373 g/mol. The number of rotatable bonds is 9. The van der Waals surface area contributed by atoms with Crippen LogP contribution in [-0.4, -0.2) is 31.1 Å². The van der Waals surface area contributed by atoms with Crippen molar-refractivity contribution in [3.63, 3.8) is 0 Å². The second kappa shape index (κ2) is 9.54. The number of carbonyl (C=O) groups is 1. The Morgan fingerprint density at radius 1 is 1.19 bits per heavy atom. The van der Waals surface area contributed by atoms with Crippen molar-refractivity contribution in [3.05, 3.63) is 58.1 Å². The van der Waals surface area contributed by atoms with Gasteiger partial charge in [-0.3, -0.25) is 14.9 Å². The second-order valence-electron chi connectivity index (χ2n) is 5.99. The second-order valence-corrected chi connectivity index (χ2v) is 5.99. The molecular formula is C19H23N3O5. The third kappa shape index (κ3) is 5.68. The standard InChI is InChI=1S/C19H23N3O5/c1-13(20-12-14-6-4-5-7-17(14)22(24)25)10-19(23)21-16-11-15(26-2)8-9-18(16)27-3/h4-9,11,13,20H,10,12H2,1-3H3,(H,21,23). The van der Waals surface area contributed by atoms with Crippen LogP contribution in [0.4, 0.5) is 11.4 Å². The normalized spacial score (nSPS) is 11.5. The number of nitro benzene ring substituents is 1. The Hall–Kier alpha value is -3.13. The van der Waals surface area contributed by atoms with Gasteiger partial charge in [0, 0.05) is 36.7 Å². The van der Waals surface area contributed by atoms with Crippen LogP contribution >= 0.6 is 0 Å². The van der Waals surface area contributed by atoms with Crippen molar-refractivity contribution in [1.29, 1.82) is 0 Å². The Labute approximate surface area is 157 Å². The fraction of sp³-hybridized carbons (Fsp3) is 0.316. The number of amides is 1. The fourth-order valence-electron chi connectivity index (χ4n) is 2.59. The molecule has 0 saturated carbocycles. The highest BCUT2D eigenvalue weighted by atomic mass is 16.6. The van der Waals surface area contributed by atoms with Crippen LogP contribution in [0.25, 0.3) is 0 Å². The minimum absolute atomic E-state index is 0.0581. The molecule has 0 aliphatic heterocycles.